The van der Waals surface area contributed by atoms with E-state index in [1.54, 1.807) is 53.4 Å². The normalized spacial score (nSPS) is 23.2. The van der Waals surface area contributed by atoms with Crippen molar-refractivity contribution in [3.8, 4) is 0 Å². The summed E-state index contributed by atoms with van der Waals surface area (Å²) in [6.07, 6.45) is 0. The second-order valence-electron chi connectivity index (χ2n) is 10.4. The molecule has 0 bridgehead atoms. The van der Waals surface area contributed by atoms with Crippen LogP contribution in [0, 0.1) is 6.92 Å². The van der Waals surface area contributed by atoms with Gasteiger partial charge in [0.1, 0.15) is 16.8 Å². The zero-order valence-corrected chi connectivity index (χ0v) is 24.1. The van der Waals surface area contributed by atoms with Gasteiger partial charge in [-0.3, -0.25) is 19.4 Å². The highest BCUT2D eigenvalue weighted by Crippen LogP contribution is 2.54. The Morgan fingerprint density at radius 2 is 1.82 bits per heavy atom. The number of nitrogens with zero attached hydrogens (tertiary/aromatic N) is 5. The van der Waals surface area contributed by atoms with E-state index in [-0.39, 0.29) is 23.1 Å². The molecule has 8 nitrogen and oxygen atoms in total. The number of carbonyl (C=O) groups excluding carboxylic acids is 2. The molecule has 0 saturated carbocycles. The van der Waals surface area contributed by atoms with Crippen LogP contribution in [0.25, 0.3) is 4.91 Å². The monoisotopic (exact) mass is 579 g/mol. The van der Waals surface area contributed by atoms with Crippen molar-refractivity contribution in [2.24, 2.45) is 0 Å². The Bertz CT molecular complexity index is 1560. The van der Waals surface area contributed by atoms with E-state index in [2.05, 4.69) is 34.2 Å². The summed E-state index contributed by atoms with van der Waals surface area (Å²) in [6, 6.07) is 10.7. The fourth-order valence-corrected chi connectivity index (χ4v) is 8.53. The summed E-state index contributed by atoms with van der Waals surface area (Å²) in [4.78, 5) is 40.8. The van der Waals surface area contributed by atoms with Gasteiger partial charge in [0.05, 0.1) is 34.1 Å². The number of rotatable bonds is 4. The highest BCUT2D eigenvalue weighted by molar-refractivity contribution is 8.09. The fourth-order valence-electron chi connectivity index (χ4n) is 6.10. The Morgan fingerprint density at radius 3 is 2.46 bits per heavy atom. The first-order valence-corrected chi connectivity index (χ1v) is 14.9. The van der Waals surface area contributed by atoms with Crippen molar-refractivity contribution in [2.45, 2.75) is 18.2 Å². The molecule has 0 radical (unpaired) electrons. The minimum absolute atomic E-state index is 0.0371. The highest BCUT2D eigenvalue weighted by atomic mass is 35.5. The average Bonchev–Trinajstić information content (AvgIpc) is 3.66. The standard InChI is InChI=1S/C28H26ClN5O3S2/c1-15-13-38-26(30-15)23-19-12-31(2)14-32(3)22(19)24-25(20-8-9-21(29)37-20)39-16(10-33(23)24)11-34-27(35)17-6-4-5-7-18(17)28(34)36/h4-9,13,16,23H,10-12,14H2,1-3H3. The van der Waals surface area contributed by atoms with Crippen molar-refractivity contribution in [1.29, 1.82) is 0 Å². The second-order valence-corrected chi connectivity index (χ2v) is 13.0. The molecule has 2 aromatic heterocycles. The number of hydrogen-bond acceptors (Lipinski definition) is 9. The van der Waals surface area contributed by atoms with Crippen LogP contribution in [-0.2, 0) is 0 Å². The minimum Gasteiger partial charge on any atom is -0.444 e. The topological polar surface area (TPSA) is 73.1 Å². The number of furan rings is 1. The third-order valence-corrected chi connectivity index (χ3v) is 10.0. The number of aryl methyl sites for hydroxylation is 1. The fraction of sp³-hybridized carbons (Fsp3) is 0.321. The Hall–Kier alpha value is -3.05. The van der Waals surface area contributed by atoms with Gasteiger partial charge in [-0.05, 0) is 55.4 Å². The first-order valence-electron chi connectivity index (χ1n) is 12.7. The molecular weight excluding hydrogens is 554 g/mol. The highest BCUT2D eigenvalue weighted by Gasteiger charge is 2.48. The lowest BCUT2D eigenvalue weighted by Gasteiger charge is -2.38. The lowest BCUT2D eigenvalue weighted by atomic mass is 10.1. The van der Waals surface area contributed by atoms with Gasteiger partial charge < -0.3 is 14.2 Å². The smallest absolute Gasteiger partial charge is 0.261 e. The summed E-state index contributed by atoms with van der Waals surface area (Å²) in [5.41, 5.74) is 5.54. The third-order valence-electron chi connectivity index (χ3n) is 7.56. The van der Waals surface area contributed by atoms with Gasteiger partial charge in [-0.15, -0.1) is 23.1 Å². The maximum absolute atomic E-state index is 13.2. The number of fused-ring (bicyclic) bond motifs is 3. The maximum Gasteiger partial charge on any atom is 0.261 e. The number of hydrogen-bond donors (Lipinski definition) is 0. The van der Waals surface area contributed by atoms with Gasteiger partial charge in [0.25, 0.3) is 11.8 Å². The number of carbonyl (C=O) groups is 2. The lowest BCUT2D eigenvalue weighted by Crippen LogP contribution is -2.43. The summed E-state index contributed by atoms with van der Waals surface area (Å²) >= 11 is 9.58. The van der Waals surface area contributed by atoms with Crippen molar-refractivity contribution in [3.63, 3.8) is 0 Å². The van der Waals surface area contributed by atoms with Crippen molar-refractivity contribution in [2.75, 3.05) is 40.4 Å². The van der Waals surface area contributed by atoms with Crippen molar-refractivity contribution >= 4 is 51.4 Å². The molecule has 11 heteroatoms. The van der Waals surface area contributed by atoms with Crippen LogP contribution < -0.4 is 0 Å². The SMILES string of the molecule is Cc1csc(C2C3=C(C4=C(c5ccc(Cl)o5)SC(CN5C(=O)c6ccccc6C5=O)CN42)N(C)CN(C)C3)n1. The van der Waals surface area contributed by atoms with E-state index in [1.165, 1.54) is 16.2 Å². The molecule has 0 spiro atoms. The minimum atomic E-state index is -0.235. The van der Waals surface area contributed by atoms with Crippen LogP contribution in [0.1, 0.15) is 43.2 Å². The number of imide groups is 1. The summed E-state index contributed by atoms with van der Waals surface area (Å²) in [5, 5.41) is 3.38. The van der Waals surface area contributed by atoms with Crippen molar-refractivity contribution in [3.05, 3.63) is 91.6 Å². The number of likely N-dealkylation sites (N-methyl/N-ethyl adjacent to an activating group) is 2. The third kappa shape index (κ3) is 3.96. The molecule has 2 atom stereocenters. The van der Waals surface area contributed by atoms with E-state index in [1.807, 2.05) is 13.0 Å². The largest absolute Gasteiger partial charge is 0.444 e. The summed E-state index contributed by atoms with van der Waals surface area (Å²) < 4.78 is 5.97. The molecule has 4 aliphatic heterocycles. The quantitative estimate of drug-likeness (QED) is 0.403. The number of halogens is 1. The second kappa shape index (κ2) is 9.26. The van der Waals surface area contributed by atoms with Gasteiger partial charge in [0, 0.05) is 43.0 Å². The van der Waals surface area contributed by atoms with E-state index >= 15 is 0 Å². The van der Waals surface area contributed by atoms with E-state index in [0.29, 0.717) is 35.2 Å². The van der Waals surface area contributed by atoms with Crippen molar-refractivity contribution < 1.29 is 14.0 Å². The molecule has 1 aromatic carbocycles. The Morgan fingerprint density at radius 1 is 1.08 bits per heavy atom. The van der Waals surface area contributed by atoms with Gasteiger partial charge in [0.15, 0.2) is 5.22 Å². The Kier molecular flexibility index (Phi) is 5.93. The molecule has 0 fully saturated rings. The van der Waals surface area contributed by atoms with E-state index < -0.39 is 0 Å². The van der Waals surface area contributed by atoms with Gasteiger partial charge in [-0.1, -0.05) is 12.1 Å². The van der Waals surface area contributed by atoms with Gasteiger partial charge >= 0.3 is 0 Å². The predicted molar refractivity (Wildman–Crippen MR) is 152 cm³/mol. The first kappa shape index (κ1) is 25.0. The van der Waals surface area contributed by atoms with Crippen LogP contribution in [0.5, 0.6) is 0 Å². The van der Waals surface area contributed by atoms with Crippen molar-refractivity contribution in [1.82, 2.24) is 24.6 Å². The molecule has 7 rings (SSSR count). The van der Waals surface area contributed by atoms with E-state index in [9.17, 15) is 9.59 Å². The van der Waals surface area contributed by atoms with Gasteiger partial charge in [-0.25, -0.2) is 4.98 Å². The predicted octanol–water partition coefficient (Wildman–Crippen LogP) is 4.92. The first-order chi connectivity index (χ1) is 18.8. The molecule has 2 amide bonds. The molecule has 0 aliphatic carbocycles. The van der Waals surface area contributed by atoms with Crippen LogP contribution in [0.4, 0.5) is 0 Å². The van der Waals surface area contributed by atoms with E-state index in [0.717, 1.165) is 34.5 Å². The molecule has 4 aliphatic rings. The molecule has 2 unspecified atom stereocenters. The van der Waals surface area contributed by atoms with Crippen LogP contribution in [-0.4, -0.2) is 82.0 Å². The Labute approximate surface area is 239 Å². The number of aromatic nitrogens is 1. The molecule has 3 aromatic rings. The van der Waals surface area contributed by atoms with E-state index in [4.69, 9.17) is 21.0 Å². The summed E-state index contributed by atoms with van der Waals surface area (Å²) in [5.74, 6) is 0.217. The molecule has 39 heavy (non-hydrogen) atoms. The molecule has 6 heterocycles. The summed E-state index contributed by atoms with van der Waals surface area (Å²) in [7, 11) is 4.25. The lowest BCUT2D eigenvalue weighted by molar-refractivity contribution is 0.0650. The van der Waals surface area contributed by atoms with Crippen LogP contribution in [0.15, 0.2) is 63.2 Å². The van der Waals surface area contributed by atoms with Gasteiger partial charge in [0.2, 0.25) is 0 Å². The number of amides is 2. The number of thioether (sulfide) groups is 1. The molecular formula is C28H26ClN5O3S2. The zero-order chi connectivity index (χ0) is 27.0. The number of thiazole rings is 1. The summed E-state index contributed by atoms with van der Waals surface area (Å²) in [6.45, 7) is 4.59. The van der Waals surface area contributed by atoms with Gasteiger partial charge in [-0.2, -0.15) is 0 Å². The van der Waals surface area contributed by atoms with Crippen LogP contribution >= 0.6 is 34.7 Å². The van der Waals surface area contributed by atoms with Crippen LogP contribution in [0.3, 0.4) is 0 Å². The molecule has 0 saturated heterocycles. The average molecular weight is 580 g/mol. The maximum atomic E-state index is 13.2. The molecule has 0 N–H and O–H groups in total. The van der Waals surface area contributed by atoms with Crippen LogP contribution in [0.2, 0.25) is 5.22 Å². The number of benzene rings is 1. The molecule has 200 valence electrons. The zero-order valence-electron chi connectivity index (χ0n) is 21.7. The Balaban J connectivity index is 1.33.